The molecule has 0 atom stereocenters. The zero-order valence-corrected chi connectivity index (χ0v) is 9.27. The number of rotatable bonds is 3. The minimum absolute atomic E-state index is 0.416. The summed E-state index contributed by atoms with van der Waals surface area (Å²) in [6.45, 7) is 6.60. The third kappa shape index (κ3) is 1.82. The summed E-state index contributed by atoms with van der Waals surface area (Å²) in [6, 6.07) is 2.13. The van der Waals surface area contributed by atoms with Crippen LogP contribution in [0.3, 0.4) is 0 Å². The summed E-state index contributed by atoms with van der Waals surface area (Å²) >= 11 is 0. The highest BCUT2D eigenvalue weighted by molar-refractivity contribution is 5.66. The maximum Gasteiger partial charge on any atom is 0.145 e. The molecule has 78 valence electrons. The normalized spacial score (nSPS) is 10.1. The van der Waals surface area contributed by atoms with Gasteiger partial charge in [-0.15, -0.1) is 0 Å². The van der Waals surface area contributed by atoms with Gasteiger partial charge in [-0.2, -0.15) is 0 Å². The van der Waals surface area contributed by atoms with Crippen LogP contribution in [-0.2, 0) is 0 Å². The molecule has 3 heteroatoms. The van der Waals surface area contributed by atoms with E-state index in [1.54, 1.807) is 7.11 Å². The van der Waals surface area contributed by atoms with Crippen molar-refractivity contribution in [2.24, 2.45) is 5.73 Å². The topological polar surface area (TPSA) is 47.3 Å². The van der Waals surface area contributed by atoms with Gasteiger partial charge < -0.3 is 15.8 Å². The minimum Gasteiger partial charge on any atom is -0.494 e. The summed E-state index contributed by atoms with van der Waals surface area (Å²) < 4.78 is 5.37. The highest BCUT2D eigenvalue weighted by Gasteiger charge is 2.10. The lowest BCUT2D eigenvalue weighted by atomic mass is 10.0. The molecule has 0 fully saturated rings. The van der Waals surface area contributed by atoms with Gasteiger partial charge >= 0.3 is 0 Å². The lowest BCUT2D eigenvalue weighted by Gasteiger charge is -2.16. The maximum absolute atomic E-state index is 5.47. The minimum atomic E-state index is 0.416. The number of nitrogens with one attached hydrogen (secondary N) is 1. The van der Waals surface area contributed by atoms with E-state index in [2.05, 4.69) is 25.2 Å². The summed E-state index contributed by atoms with van der Waals surface area (Å²) in [4.78, 5) is 0. The Morgan fingerprint density at radius 3 is 2.43 bits per heavy atom. The van der Waals surface area contributed by atoms with E-state index in [-0.39, 0.29) is 0 Å². The third-order valence-corrected chi connectivity index (χ3v) is 2.47. The predicted molar refractivity (Wildman–Crippen MR) is 59.9 cm³/mol. The fraction of sp³-hybridized carbons (Fsp3) is 0.455. The molecule has 0 amide bonds. The standard InChI is InChI=1S/C11H18N2O/c1-7-5-8(2)10(13-6-12)11(14-4)9(7)3/h5,13H,6,12H2,1-4H3. The van der Waals surface area contributed by atoms with Gasteiger partial charge in [0.1, 0.15) is 5.75 Å². The molecule has 3 nitrogen and oxygen atoms in total. The van der Waals surface area contributed by atoms with E-state index in [4.69, 9.17) is 10.5 Å². The number of anilines is 1. The van der Waals surface area contributed by atoms with Gasteiger partial charge in [-0.1, -0.05) is 6.07 Å². The zero-order chi connectivity index (χ0) is 10.7. The van der Waals surface area contributed by atoms with Crippen LogP contribution in [-0.4, -0.2) is 13.8 Å². The Morgan fingerprint density at radius 1 is 1.29 bits per heavy atom. The van der Waals surface area contributed by atoms with Crippen LogP contribution in [0.4, 0.5) is 5.69 Å². The highest BCUT2D eigenvalue weighted by Crippen LogP contribution is 2.33. The molecule has 0 radical (unpaired) electrons. The first kappa shape index (κ1) is 10.9. The molecule has 0 spiro atoms. The summed E-state index contributed by atoms with van der Waals surface area (Å²) in [5.74, 6) is 0.896. The van der Waals surface area contributed by atoms with Gasteiger partial charge in [0.2, 0.25) is 0 Å². The van der Waals surface area contributed by atoms with E-state index in [9.17, 15) is 0 Å². The Morgan fingerprint density at radius 2 is 1.93 bits per heavy atom. The van der Waals surface area contributed by atoms with E-state index >= 15 is 0 Å². The molecule has 0 saturated carbocycles. The molecule has 1 aromatic rings. The lowest BCUT2D eigenvalue weighted by Crippen LogP contribution is -2.13. The number of aryl methyl sites for hydroxylation is 2. The summed E-state index contributed by atoms with van der Waals surface area (Å²) in [6.07, 6.45) is 0. The number of hydrogen-bond acceptors (Lipinski definition) is 3. The van der Waals surface area contributed by atoms with E-state index < -0.39 is 0 Å². The van der Waals surface area contributed by atoms with Gasteiger partial charge in [-0.25, -0.2) is 0 Å². The molecule has 0 heterocycles. The van der Waals surface area contributed by atoms with Crippen molar-refractivity contribution in [3.8, 4) is 5.75 Å². The predicted octanol–water partition coefficient (Wildman–Crippen LogP) is 1.95. The Bertz CT molecular complexity index is 335. The Hall–Kier alpha value is -1.22. The van der Waals surface area contributed by atoms with Gasteiger partial charge in [0, 0.05) is 0 Å². The first-order chi connectivity index (χ1) is 6.61. The first-order valence-corrected chi connectivity index (χ1v) is 4.70. The molecule has 0 aliphatic heterocycles. The molecule has 0 bridgehead atoms. The lowest BCUT2D eigenvalue weighted by molar-refractivity contribution is 0.412. The number of benzene rings is 1. The van der Waals surface area contributed by atoms with Crippen molar-refractivity contribution in [3.05, 3.63) is 22.8 Å². The van der Waals surface area contributed by atoms with Crippen molar-refractivity contribution >= 4 is 5.69 Å². The van der Waals surface area contributed by atoms with Crippen molar-refractivity contribution in [3.63, 3.8) is 0 Å². The second kappa shape index (κ2) is 4.33. The van der Waals surface area contributed by atoms with Crippen LogP contribution in [0.25, 0.3) is 0 Å². The van der Waals surface area contributed by atoms with Crippen LogP contribution in [0, 0.1) is 20.8 Å². The fourth-order valence-corrected chi connectivity index (χ4v) is 1.63. The van der Waals surface area contributed by atoms with Crippen LogP contribution < -0.4 is 15.8 Å². The number of nitrogens with two attached hydrogens (primary N) is 1. The van der Waals surface area contributed by atoms with Gasteiger partial charge in [0.25, 0.3) is 0 Å². The number of hydrogen-bond donors (Lipinski definition) is 2. The van der Waals surface area contributed by atoms with E-state index in [0.29, 0.717) is 6.67 Å². The second-order valence-electron chi connectivity index (χ2n) is 3.42. The molecule has 14 heavy (non-hydrogen) atoms. The molecule has 0 aliphatic carbocycles. The fourth-order valence-electron chi connectivity index (χ4n) is 1.63. The molecule has 1 aromatic carbocycles. The summed E-state index contributed by atoms with van der Waals surface area (Å²) in [5, 5.41) is 3.12. The monoisotopic (exact) mass is 194 g/mol. The molecular weight excluding hydrogens is 176 g/mol. The van der Waals surface area contributed by atoms with Gasteiger partial charge in [-0.3, -0.25) is 0 Å². The van der Waals surface area contributed by atoms with E-state index in [0.717, 1.165) is 22.6 Å². The third-order valence-electron chi connectivity index (χ3n) is 2.47. The molecule has 0 aromatic heterocycles. The SMILES string of the molecule is COc1c(C)c(C)cc(C)c1NCN. The quantitative estimate of drug-likeness (QED) is 0.723. The van der Waals surface area contributed by atoms with Crippen molar-refractivity contribution in [2.75, 3.05) is 19.1 Å². The van der Waals surface area contributed by atoms with E-state index in [1.165, 1.54) is 5.56 Å². The van der Waals surface area contributed by atoms with Gasteiger partial charge in [0.05, 0.1) is 19.5 Å². The summed E-state index contributed by atoms with van der Waals surface area (Å²) in [5.41, 5.74) is 10.0. The zero-order valence-electron chi connectivity index (χ0n) is 9.27. The highest BCUT2D eigenvalue weighted by atomic mass is 16.5. The largest absolute Gasteiger partial charge is 0.494 e. The molecular formula is C11H18N2O. The van der Waals surface area contributed by atoms with Crippen molar-refractivity contribution in [1.82, 2.24) is 0 Å². The maximum atomic E-state index is 5.47. The van der Waals surface area contributed by atoms with Crippen LogP contribution in [0.5, 0.6) is 5.75 Å². The molecule has 0 aliphatic rings. The second-order valence-corrected chi connectivity index (χ2v) is 3.42. The Kier molecular flexibility index (Phi) is 3.36. The van der Waals surface area contributed by atoms with Crippen molar-refractivity contribution < 1.29 is 4.74 Å². The van der Waals surface area contributed by atoms with Crippen LogP contribution in [0.1, 0.15) is 16.7 Å². The molecule has 3 N–H and O–H groups in total. The molecule has 1 rings (SSSR count). The van der Waals surface area contributed by atoms with Crippen LogP contribution in [0.15, 0.2) is 6.07 Å². The first-order valence-electron chi connectivity index (χ1n) is 4.70. The van der Waals surface area contributed by atoms with Crippen LogP contribution in [0.2, 0.25) is 0 Å². The average Bonchev–Trinajstić information content (AvgIpc) is 2.15. The van der Waals surface area contributed by atoms with Crippen molar-refractivity contribution in [1.29, 1.82) is 0 Å². The Balaban J connectivity index is 3.31. The van der Waals surface area contributed by atoms with Crippen molar-refractivity contribution in [2.45, 2.75) is 20.8 Å². The van der Waals surface area contributed by atoms with E-state index in [1.807, 2.05) is 6.92 Å². The smallest absolute Gasteiger partial charge is 0.145 e. The Labute approximate surface area is 85.3 Å². The van der Waals surface area contributed by atoms with Gasteiger partial charge in [0.15, 0.2) is 0 Å². The number of methoxy groups -OCH3 is 1. The number of ether oxygens (including phenoxy) is 1. The summed E-state index contributed by atoms with van der Waals surface area (Å²) in [7, 11) is 1.68. The van der Waals surface area contributed by atoms with Crippen LogP contribution >= 0.6 is 0 Å². The molecule has 0 saturated heterocycles. The van der Waals surface area contributed by atoms with Gasteiger partial charge in [-0.05, 0) is 37.5 Å². The molecule has 0 unspecified atom stereocenters. The average molecular weight is 194 g/mol.